The predicted octanol–water partition coefficient (Wildman–Crippen LogP) is 0.149. The van der Waals surface area contributed by atoms with Crippen LogP contribution in [0.2, 0.25) is 0 Å². The predicted molar refractivity (Wildman–Crippen MR) is 75.1 cm³/mol. The van der Waals surface area contributed by atoms with Crippen LogP contribution in [0.15, 0.2) is 0 Å². The van der Waals surface area contributed by atoms with Crippen molar-refractivity contribution in [2.45, 2.75) is 38.7 Å². The Bertz CT molecular complexity index is 344. The van der Waals surface area contributed by atoms with Crippen LogP contribution in [0.1, 0.15) is 33.1 Å². The fourth-order valence-corrected chi connectivity index (χ4v) is 2.43. The SMILES string of the molecule is CCC(=O)N1CCC[C@@H](C(=O)NC[C@@](C)(O)COC)C1. The van der Waals surface area contributed by atoms with Crippen LogP contribution >= 0.6 is 0 Å². The Morgan fingerprint density at radius 1 is 1.50 bits per heavy atom. The van der Waals surface area contributed by atoms with Crippen molar-refractivity contribution in [2.75, 3.05) is 33.4 Å². The van der Waals surface area contributed by atoms with E-state index in [1.54, 1.807) is 11.8 Å². The summed E-state index contributed by atoms with van der Waals surface area (Å²) in [4.78, 5) is 25.5. The zero-order chi connectivity index (χ0) is 15.2. The van der Waals surface area contributed by atoms with Gasteiger partial charge in [-0.05, 0) is 19.8 Å². The molecule has 116 valence electrons. The smallest absolute Gasteiger partial charge is 0.225 e. The minimum absolute atomic E-state index is 0.0916. The number of likely N-dealkylation sites (tertiary alicyclic amines) is 1. The Morgan fingerprint density at radius 3 is 2.80 bits per heavy atom. The van der Waals surface area contributed by atoms with E-state index >= 15 is 0 Å². The number of carbonyl (C=O) groups is 2. The molecular weight excluding hydrogens is 260 g/mol. The molecule has 1 aliphatic rings. The molecule has 0 aliphatic carbocycles. The average Bonchev–Trinajstić information content (AvgIpc) is 2.44. The number of nitrogens with one attached hydrogen (secondary N) is 1. The molecular formula is C14H26N2O4. The van der Waals surface area contributed by atoms with E-state index in [4.69, 9.17) is 4.74 Å². The molecule has 1 fully saturated rings. The second kappa shape index (κ2) is 7.59. The van der Waals surface area contributed by atoms with Crippen LogP contribution in [0.4, 0.5) is 0 Å². The number of ether oxygens (including phenoxy) is 1. The van der Waals surface area contributed by atoms with Gasteiger partial charge in [-0.25, -0.2) is 0 Å². The zero-order valence-corrected chi connectivity index (χ0v) is 12.6. The van der Waals surface area contributed by atoms with Crippen LogP contribution in [0.25, 0.3) is 0 Å². The van der Waals surface area contributed by atoms with Gasteiger partial charge in [0.1, 0.15) is 5.60 Å². The van der Waals surface area contributed by atoms with Crippen molar-refractivity contribution in [3.8, 4) is 0 Å². The summed E-state index contributed by atoms with van der Waals surface area (Å²) in [6.45, 7) is 4.97. The molecule has 0 spiro atoms. The molecule has 2 N–H and O–H groups in total. The lowest BCUT2D eigenvalue weighted by Gasteiger charge is -2.32. The summed E-state index contributed by atoms with van der Waals surface area (Å²) < 4.78 is 4.89. The van der Waals surface area contributed by atoms with Gasteiger partial charge in [-0.15, -0.1) is 0 Å². The summed E-state index contributed by atoms with van der Waals surface area (Å²) in [6.07, 6.45) is 2.10. The monoisotopic (exact) mass is 286 g/mol. The second-order valence-corrected chi connectivity index (χ2v) is 5.68. The van der Waals surface area contributed by atoms with E-state index in [-0.39, 0.29) is 30.9 Å². The summed E-state index contributed by atoms with van der Waals surface area (Å²) >= 11 is 0. The summed E-state index contributed by atoms with van der Waals surface area (Å²) in [5.74, 6) is -0.193. The first-order chi connectivity index (χ1) is 9.39. The lowest BCUT2D eigenvalue weighted by molar-refractivity contribution is -0.136. The quantitative estimate of drug-likeness (QED) is 0.728. The maximum Gasteiger partial charge on any atom is 0.225 e. The lowest BCUT2D eigenvalue weighted by atomic mass is 9.96. The molecule has 0 bridgehead atoms. The van der Waals surface area contributed by atoms with Crippen LogP contribution in [0.5, 0.6) is 0 Å². The molecule has 0 radical (unpaired) electrons. The van der Waals surface area contributed by atoms with Gasteiger partial charge >= 0.3 is 0 Å². The first-order valence-corrected chi connectivity index (χ1v) is 7.16. The normalized spacial score (nSPS) is 22.2. The van der Waals surface area contributed by atoms with Gasteiger partial charge < -0.3 is 20.1 Å². The summed E-state index contributed by atoms with van der Waals surface area (Å²) in [5, 5.41) is 12.7. The Morgan fingerprint density at radius 2 is 2.20 bits per heavy atom. The van der Waals surface area contributed by atoms with Crippen molar-refractivity contribution in [3.05, 3.63) is 0 Å². The van der Waals surface area contributed by atoms with Crippen molar-refractivity contribution < 1.29 is 19.4 Å². The molecule has 0 aromatic carbocycles. The maximum absolute atomic E-state index is 12.1. The van der Waals surface area contributed by atoms with Crippen LogP contribution in [-0.4, -0.2) is 60.8 Å². The molecule has 0 saturated carbocycles. The van der Waals surface area contributed by atoms with Crippen LogP contribution < -0.4 is 5.32 Å². The molecule has 6 heteroatoms. The highest BCUT2D eigenvalue weighted by Gasteiger charge is 2.29. The number of hydrogen-bond donors (Lipinski definition) is 2. The molecule has 2 amide bonds. The average molecular weight is 286 g/mol. The fraction of sp³-hybridized carbons (Fsp3) is 0.857. The number of amides is 2. The van der Waals surface area contributed by atoms with Gasteiger partial charge in [0.2, 0.25) is 11.8 Å². The number of rotatable bonds is 6. The van der Waals surface area contributed by atoms with Crippen LogP contribution in [0, 0.1) is 5.92 Å². The van der Waals surface area contributed by atoms with Gasteiger partial charge in [-0.1, -0.05) is 6.92 Å². The number of hydrogen-bond acceptors (Lipinski definition) is 4. The largest absolute Gasteiger partial charge is 0.386 e. The van der Waals surface area contributed by atoms with E-state index in [0.717, 1.165) is 19.4 Å². The fourth-order valence-electron chi connectivity index (χ4n) is 2.43. The van der Waals surface area contributed by atoms with E-state index < -0.39 is 5.60 Å². The van der Waals surface area contributed by atoms with Gasteiger partial charge in [0.25, 0.3) is 0 Å². The van der Waals surface area contributed by atoms with E-state index in [2.05, 4.69) is 5.32 Å². The van der Waals surface area contributed by atoms with E-state index in [9.17, 15) is 14.7 Å². The van der Waals surface area contributed by atoms with Crippen molar-refractivity contribution in [2.24, 2.45) is 5.92 Å². The molecule has 2 atom stereocenters. The number of piperidine rings is 1. The van der Waals surface area contributed by atoms with Crippen LogP contribution in [0.3, 0.4) is 0 Å². The Hall–Kier alpha value is -1.14. The molecule has 1 saturated heterocycles. The topological polar surface area (TPSA) is 78.9 Å². The highest BCUT2D eigenvalue weighted by atomic mass is 16.5. The molecule has 0 aromatic heterocycles. The number of carbonyl (C=O) groups excluding carboxylic acids is 2. The highest BCUT2D eigenvalue weighted by Crippen LogP contribution is 2.17. The van der Waals surface area contributed by atoms with Gasteiger partial charge in [0, 0.05) is 33.2 Å². The van der Waals surface area contributed by atoms with E-state index in [0.29, 0.717) is 13.0 Å². The summed E-state index contributed by atoms with van der Waals surface area (Å²) in [7, 11) is 1.51. The molecule has 1 rings (SSSR count). The van der Waals surface area contributed by atoms with Crippen LogP contribution in [-0.2, 0) is 14.3 Å². The lowest BCUT2D eigenvalue weighted by Crippen LogP contribution is -2.49. The van der Waals surface area contributed by atoms with Gasteiger partial charge in [0.05, 0.1) is 12.5 Å². The van der Waals surface area contributed by atoms with E-state index in [1.807, 2.05) is 6.92 Å². The third-order valence-electron chi connectivity index (χ3n) is 3.55. The maximum atomic E-state index is 12.1. The number of methoxy groups -OCH3 is 1. The summed E-state index contributed by atoms with van der Waals surface area (Å²) in [6, 6.07) is 0. The Balaban J connectivity index is 2.45. The minimum Gasteiger partial charge on any atom is -0.386 e. The molecule has 0 unspecified atom stereocenters. The molecule has 20 heavy (non-hydrogen) atoms. The first kappa shape index (κ1) is 16.9. The Kier molecular flexibility index (Phi) is 6.42. The number of aliphatic hydroxyl groups is 1. The summed E-state index contributed by atoms with van der Waals surface area (Å²) in [5.41, 5.74) is -1.07. The van der Waals surface area contributed by atoms with Crippen molar-refractivity contribution in [1.82, 2.24) is 10.2 Å². The third-order valence-corrected chi connectivity index (χ3v) is 3.55. The third kappa shape index (κ3) is 5.09. The molecule has 1 aliphatic heterocycles. The van der Waals surface area contributed by atoms with Gasteiger partial charge in [-0.2, -0.15) is 0 Å². The zero-order valence-electron chi connectivity index (χ0n) is 12.6. The van der Waals surface area contributed by atoms with Gasteiger partial charge in [0.15, 0.2) is 0 Å². The van der Waals surface area contributed by atoms with Crippen molar-refractivity contribution >= 4 is 11.8 Å². The second-order valence-electron chi connectivity index (χ2n) is 5.68. The molecule has 1 heterocycles. The number of nitrogens with zero attached hydrogens (tertiary/aromatic N) is 1. The molecule has 0 aromatic rings. The molecule has 6 nitrogen and oxygen atoms in total. The first-order valence-electron chi connectivity index (χ1n) is 7.16. The standard InChI is InChI=1S/C14H26N2O4/c1-4-12(17)16-7-5-6-11(8-16)13(18)15-9-14(2,19)10-20-3/h11,19H,4-10H2,1-3H3,(H,15,18)/t11-,14-/m1/s1. The van der Waals surface area contributed by atoms with E-state index in [1.165, 1.54) is 7.11 Å². The van der Waals surface area contributed by atoms with Crippen molar-refractivity contribution in [3.63, 3.8) is 0 Å². The van der Waals surface area contributed by atoms with Crippen molar-refractivity contribution in [1.29, 1.82) is 0 Å². The van der Waals surface area contributed by atoms with Gasteiger partial charge in [-0.3, -0.25) is 9.59 Å². The minimum atomic E-state index is -1.07. The Labute approximate surface area is 120 Å². The highest BCUT2D eigenvalue weighted by molar-refractivity contribution is 5.81.